The van der Waals surface area contributed by atoms with Crippen molar-refractivity contribution < 1.29 is 8.42 Å². The number of hydrogen-bond donors (Lipinski definition) is 1. The molecular weight excluding hydrogens is 278 g/mol. The molecule has 0 radical (unpaired) electrons. The second-order valence-corrected chi connectivity index (χ2v) is 7.41. The fourth-order valence-electron chi connectivity index (χ4n) is 2.27. The maximum Gasteiger partial charge on any atom is 0.151 e. The number of benzene rings is 1. The Bertz CT molecular complexity index is 571. The summed E-state index contributed by atoms with van der Waals surface area (Å²) < 4.78 is 23.3. The molecule has 2 N–H and O–H groups in total. The summed E-state index contributed by atoms with van der Waals surface area (Å²) in [6, 6.07) is 7.17. The molecule has 2 rings (SSSR count). The number of hydrogen-bond acceptors (Lipinski definition) is 3. The van der Waals surface area contributed by atoms with E-state index in [1.54, 1.807) is 18.2 Å². The minimum absolute atomic E-state index is 0.152. The smallest absolute Gasteiger partial charge is 0.151 e. The van der Waals surface area contributed by atoms with Gasteiger partial charge >= 0.3 is 0 Å². The molecule has 0 bridgehead atoms. The molecular formula is C11H12ClNO2S2. The molecule has 0 spiro atoms. The molecule has 1 aliphatic carbocycles. The van der Waals surface area contributed by atoms with Crippen molar-refractivity contribution in [2.45, 2.75) is 11.2 Å². The fourth-order valence-corrected chi connectivity index (χ4v) is 4.46. The lowest BCUT2D eigenvalue weighted by Crippen LogP contribution is -2.16. The van der Waals surface area contributed by atoms with Crippen LogP contribution in [0.2, 0.25) is 5.02 Å². The minimum atomic E-state index is -3.14. The third-order valence-electron chi connectivity index (χ3n) is 3.01. The second-order valence-electron chi connectivity index (χ2n) is 4.30. The lowest BCUT2D eigenvalue weighted by atomic mass is 10.1. The third-order valence-corrected chi connectivity index (χ3v) is 5.09. The number of rotatable bonds is 3. The highest BCUT2D eigenvalue weighted by atomic mass is 35.5. The van der Waals surface area contributed by atoms with Gasteiger partial charge in [-0.1, -0.05) is 36.0 Å². The largest absolute Gasteiger partial charge is 0.393 e. The van der Waals surface area contributed by atoms with Crippen molar-refractivity contribution in [3.05, 3.63) is 34.9 Å². The molecule has 0 aliphatic heterocycles. The van der Waals surface area contributed by atoms with Crippen LogP contribution in [-0.2, 0) is 9.84 Å². The number of halogens is 1. The zero-order chi connectivity index (χ0) is 12.8. The average Bonchev–Trinajstić information content (AvgIpc) is 2.91. The average molecular weight is 290 g/mol. The second kappa shape index (κ2) is 4.23. The summed E-state index contributed by atoms with van der Waals surface area (Å²) in [5, 5.41) is 0.0850. The molecule has 1 aliphatic rings. The van der Waals surface area contributed by atoms with Gasteiger partial charge in [0.25, 0.3) is 0 Å². The van der Waals surface area contributed by atoms with E-state index in [0.717, 1.165) is 5.56 Å². The highest BCUT2D eigenvalue weighted by molar-refractivity contribution is 7.91. The molecule has 1 aromatic carbocycles. The molecule has 1 aromatic rings. The maximum absolute atomic E-state index is 11.6. The van der Waals surface area contributed by atoms with Crippen LogP contribution < -0.4 is 5.73 Å². The summed E-state index contributed by atoms with van der Waals surface area (Å²) in [4.78, 5) is 0.255. The Kier molecular flexibility index (Phi) is 3.18. The quantitative estimate of drug-likeness (QED) is 0.861. The SMILES string of the molecule is CS(=O)(=O)C1C(C(N)=S)C1c1cccc(Cl)c1. The van der Waals surface area contributed by atoms with E-state index in [-0.39, 0.29) is 16.8 Å². The first-order chi connectivity index (χ1) is 7.82. The summed E-state index contributed by atoms with van der Waals surface area (Å²) in [7, 11) is -3.14. The molecule has 0 aromatic heterocycles. The van der Waals surface area contributed by atoms with Crippen LogP contribution in [0.25, 0.3) is 0 Å². The van der Waals surface area contributed by atoms with Crippen molar-refractivity contribution in [2.24, 2.45) is 11.7 Å². The molecule has 92 valence electrons. The first-order valence-corrected chi connectivity index (χ1v) is 7.80. The lowest BCUT2D eigenvalue weighted by Gasteiger charge is -2.00. The Labute approximate surface area is 111 Å². The van der Waals surface area contributed by atoms with Gasteiger partial charge in [0, 0.05) is 23.1 Å². The zero-order valence-electron chi connectivity index (χ0n) is 9.13. The van der Waals surface area contributed by atoms with Gasteiger partial charge in [-0.15, -0.1) is 0 Å². The van der Waals surface area contributed by atoms with Gasteiger partial charge < -0.3 is 5.73 Å². The van der Waals surface area contributed by atoms with Crippen molar-refractivity contribution in [1.29, 1.82) is 0 Å². The standard InChI is InChI=1S/C11H12ClNO2S2/c1-17(14,15)10-8(9(10)11(13)16)6-3-2-4-7(12)5-6/h2-5,8-10H,1H3,(H2,13,16). The normalized spacial score (nSPS) is 27.8. The predicted molar refractivity (Wildman–Crippen MR) is 73.1 cm³/mol. The fraction of sp³-hybridized carbons (Fsp3) is 0.364. The van der Waals surface area contributed by atoms with Crippen LogP contribution in [-0.4, -0.2) is 24.9 Å². The summed E-state index contributed by atoms with van der Waals surface area (Å²) in [5.74, 6) is -0.417. The van der Waals surface area contributed by atoms with Crippen LogP contribution in [0.5, 0.6) is 0 Å². The van der Waals surface area contributed by atoms with E-state index in [0.29, 0.717) is 5.02 Å². The van der Waals surface area contributed by atoms with Crippen molar-refractivity contribution in [3.8, 4) is 0 Å². The van der Waals surface area contributed by atoms with Crippen LogP contribution >= 0.6 is 23.8 Å². The van der Waals surface area contributed by atoms with Gasteiger partial charge in [0.1, 0.15) is 0 Å². The van der Waals surface area contributed by atoms with Crippen LogP contribution in [0.1, 0.15) is 11.5 Å². The van der Waals surface area contributed by atoms with Crippen molar-refractivity contribution in [2.75, 3.05) is 6.26 Å². The van der Waals surface area contributed by atoms with Gasteiger partial charge in [0.15, 0.2) is 9.84 Å². The Morgan fingerprint density at radius 2 is 2.12 bits per heavy atom. The lowest BCUT2D eigenvalue weighted by molar-refractivity contribution is 0.599. The van der Waals surface area contributed by atoms with Gasteiger partial charge in [-0.05, 0) is 17.7 Å². The Morgan fingerprint density at radius 1 is 1.47 bits per heavy atom. The first-order valence-electron chi connectivity index (χ1n) is 5.06. The van der Waals surface area contributed by atoms with E-state index >= 15 is 0 Å². The number of thiocarbonyl (C=S) groups is 1. The Hall–Kier alpha value is -0.650. The van der Waals surface area contributed by atoms with E-state index in [4.69, 9.17) is 29.6 Å². The van der Waals surface area contributed by atoms with Crippen molar-refractivity contribution in [1.82, 2.24) is 0 Å². The summed E-state index contributed by atoms with van der Waals surface area (Å²) in [6.07, 6.45) is 1.22. The van der Waals surface area contributed by atoms with Gasteiger partial charge in [-0.2, -0.15) is 0 Å². The molecule has 6 heteroatoms. The van der Waals surface area contributed by atoms with E-state index in [9.17, 15) is 8.42 Å². The molecule has 3 unspecified atom stereocenters. The predicted octanol–water partition coefficient (Wildman–Crippen LogP) is 1.75. The molecule has 3 nitrogen and oxygen atoms in total. The third kappa shape index (κ3) is 2.46. The van der Waals surface area contributed by atoms with Crippen LogP contribution in [0, 0.1) is 5.92 Å². The van der Waals surface area contributed by atoms with Crippen LogP contribution in [0.15, 0.2) is 24.3 Å². The molecule has 17 heavy (non-hydrogen) atoms. The summed E-state index contributed by atoms with van der Waals surface area (Å²) in [6.45, 7) is 0. The highest BCUT2D eigenvalue weighted by Crippen LogP contribution is 2.52. The summed E-state index contributed by atoms with van der Waals surface area (Å²) in [5.41, 5.74) is 6.46. The molecule has 3 atom stereocenters. The van der Waals surface area contributed by atoms with Crippen LogP contribution in [0.3, 0.4) is 0 Å². The van der Waals surface area contributed by atoms with Crippen LogP contribution in [0.4, 0.5) is 0 Å². The number of sulfone groups is 1. The molecule has 1 saturated carbocycles. The monoisotopic (exact) mass is 289 g/mol. The molecule has 0 amide bonds. The number of nitrogens with two attached hydrogens (primary N) is 1. The highest BCUT2D eigenvalue weighted by Gasteiger charge is 2.58. The maximum atomic E-state index is 11.6. The molecule has 0 saturated heterocycles. The Morgan fingerprint density at radius 3 is 2.53 bits per heavy atom. The van der Waals surface area contributed by atoms with E-state index in [1.807, 2.05) is 6.07 Å². The van der Waals surface area contributed by atoms with Gasteiger partial charge in [-0.3, -0.25) is 0 Å². The first kappa shape index (κ1) is 12.8. The minimum Gasteiger partial charge on any atom is -0.393 e. The van der Waals surface area contributed by atoms with Gasteiger partial charge in [0.2, 0.25) is 0 Å². The van der Waals surface area contributed by atoms with E-state index < -0.39 is 15.1 Å². The van der Waals surface area contributed by atoms with E-state index in [2.05, 4.69) is 0 Å². The summed E-state index contributed by atoms with van der Waals surface area (Å²) >= 11 is 10.8. The molecule has 1 fully saturated rings. The van der Waals surface area contributed by atoms with Gasteiger partial charge in [-0.25, -0.2) is 8.42 Å². The Balaban J connectivity index is 2.37. The topological polar surface area (TPSA) is 60.2 Å². The zero-order valence-corrected chi connectivity index (χ0v) is 11.5. The van der Waals surface area contributed by atoms with Crippen molar-refractivity contribution >= 4 is 38.6 Å². The molecule has 0 heterocycles. The van der Waals surface area contributed by atoms with E-state index in [1.165, 1.54) is 6.26 Å². The van der Waals surface area contributed by atoms with Crippen molar-refractivity contribution in [3.63, 3.8) is 0 Å². The van der Waals surface area contributed by atoms with Gasteiger partial charge in [0.05, 0.1) is 10.2 Å².